The van der Waals surface area contributed by atoms with Crippen molar-refractivity contribution in [3.8, 4) is 0 Å². The molecule has 6 nitrogen and oxygen atoms in total. The quantitative estimate of drug-likeness (QED) is 0.125. The second-order valence-corrected chi connectivity index (χ2v) is 8.05. The summed E-state index contributed by atoms with van der Waals surface area (Å²) < 4.78 is 74.9. The Morgan fingerprint density at radius 2 is 1.46 bits per heavy atom. The average molecular weight is 546 g/mol. The van der Waals surface area contributed by atoms with Crippen molar-refractivity contribution in [2.75, 3.05) is 20.4 Å². The van der Waals surface area contributed by atoms with Crippen molar-refractivity contribution in [1.29, 1.82) is 0 Å². The first-order valence-corrected chi connectivity index (χ1v) is 11.5. The van der Waals surface area contributed by atoms with Gasteiger partial charge in [-0.2, -0.15) is 26.3 Å². The third-order valence-corrected chi connectivity index (χ3v) is 5.29. The number of Topliss-reactive ketones (excluding diaryl/α,β-unsaturated/α-hetero) is 1. The van der Waals surface area contributed by atoms with E-state index in [1.807, 2.05) is 0 Å². The summed E-state index contributed by atoms with van der Waals surface area (Å²) in [6.07, 6.45) is -5.65. The van der Waals surface area contributed by atoms with Crippen LogP contribution in [0.3, 0.4) is 0 Å². The van der Waals surface area contributed by atoms with Gasteiger partial charge in [-0.1, -0.05) is 30.0 Å². The van der Waals surface area contributed by atoms with Crippen molar-refractivity contribution in [2.24, 2.45) is 0 Å². The van der Waals surface area contributed by atoms with Gasteiger partial charge in [0, 0.05) is 24.4 Å². The first kappa shape index (κ1) is 29.8. The number of hydrogen-bond acceptors (Lipinski definition) is 6. The fourth-order valence-electron chi connectivity index (χ4n) is 2.80. The monoisotopic (exact) mass is 545 g/mol. The van der Waals surface area contributed by atoms with Crippen LogP contribution in [0.15, 0.2) is 66.0 Å². The fraction of sp³-hybridized carbons (Fsp3) is 0.250. The minimum atomic E-state index is -4.46. The highest BCUT2D eigenvalue weighted by Gasteiger charge is 2.32. The Hall–Kier alpha value is -3.45. The van der Waals surface area contributed by atoms with Crippen molar-refractivity contribution in [1.82, 2.24) is 15.0 Å². The Morgan fingerprint density at radius 3 is 1.97 bits per heavy atom. The summed E-state index contributed by atoms with van der Waals surface area (Å²) in [4.78, 5) is 36.3. The van der Waals surface area contributed by atoms with Crippen molar-refractivity contribution >= 4 is 23.5 Å². The summed E-state index contributed by atoms with van der Waals surface area (Å²) >= 11 is 1.33. The van der Waals surface area contributed by atoms with E-state index in [2.05, 4.69) is 14.8 Å². The van der Waals surface area contributed by atoms with E-state index in [0.717, 1.165) is 29.3 Å². The minimum absolute atomic E-state index is 0.0224. The zero-order valence-corrected chi connectivity index (χ0v) is 20.5. The maximum atomic E-state index is 12.6. The summed E-state index contributed by atoms with van der Waals surface area (Å²) in [5.74, 6) is -1.04. The predicted molar refractivity (Wildman–Crippen MR) is 124 cm³/mol. The Labute approximate surface area is 212 Å². The summed E-state index contributed by atoms with van der Waals surface area (Å²) in [7, 11) is 2.58. The molecule has 13 heteroatoms. The van der Waals surface area contributed by atoms with Crippen LogP contribution < -0.4 is 0 Å². The van der Waals surface area contributed by atoms with Gasteiger partial charge >= 0.3 is 12.4 Å². The molecule has 0 aliphatic rings. The van der Waals surface area contributed by atoms with E-state index < -0.39 is 35.2 Å². The second-order valence-electron chi connectivity index (χ2n) is 7.28. The van der Waals surface area contributed by atoms with Crippen LogP contribution >= 0.6 is 11.8 Å². The van der Waals surface area contributed by atoms with Crippen LogP contribution in [0.2, 0.25) is 0 Å². The van der Waals surface area contributed by atoms with Gasteiger partial charge in [0.1, 0.15) is 0 Å². The minimum Gasteiger partial charge on any atom is -0.294 e. The van der Waals surface area contributed by atoms with Crippen LogP contribution in [0.4, 0.5) is 26.3 Å². The molecular weight excluding hydrogens is 524 g/mol. The fourth-order valence-corrected chi connectivity index (χ4v) is 3.18. The van der Waals surface area contributed by atoms with Gasteiger partial charge in [-0.25, -0.2) is 15.0 Å². The van der Waals surface area contributed by atoms with Crippen molar-refractivity contribution < 1.29 is 40.8 Å². The van der Waals surface area contributed by atoms with Gasteiger partial charge in [-0.15, -0.1) is 0 Å². The van der Waals surface area contributed by atoms with E-state index >= 15 is 0 Å². The maximum Gasteiger partial charge on any atom is 0.416 e. The van der Waals surface area contributed by atoms with E-state index in [4.69, 9.17) is 0 Å². The van der Waals surface area contributed by atoms with E-state index in [9.17, 15) is 35.9 Å². The number of amides is 1. The molecule has 1 aromatic heterocycles. The third-order valence-electron chi connectivity index (χ3n) is 4.72. The number of thioether (sulfide) groups is 1. The Bertz CT molecular complexity index is 1230. The molecule has 0 unspecified atom stereocenters. The lowest BCUT2D eigenvalue weighted by Crippen LogP contribution is -2.25. The molecule has 3 aromatic rings. The van der Waals surface area contributed by atoms with Crippen molar-refractivity contribution in [3.05, 3.63) is 88.7 Å². The molecule has 0 aliphatic carbocycles. The number of nitrogens with zero attached hydrogens (tertiary/aromatic N) is 3. The average Bonchev–Trinajstić information content (AvgIpc) is 2.87. The predicted octanol–water partition coefficient (Wildman–Crippen LogP) is 5.98. The molecule has 0 saturated carbocycles. The summed E-state index contributed by atoms with van der Waals surface area (Å²) in [6, 6.07) is 10.1. The number of alkyl halides is 6. The van der Waals surface area contributed by atoms with Gasteiger partial charge in [-0.05, 0) is 42.7 Å². The molecule has 0 spiro atoms. The summed E-state index contributed by atoms with van der Waals surface area (Å²) in [5, 5.41) is 1.37. The van der Waals surface area contributed by atoms with Crippen LogP contribution in [-0.2, 0) is 23.6 Å². The number of benzene rings is 2. The van der Waals surface area contributed by atoms with Crippen molar-refractivity contribution in [3.63, 3.8) is 0 Å². The van der Waals surface area contributed by atoms with E-state index in [1.54, 1.807) is 12.3 Å². The number of rotatable bonds is 6. The number of carbonyl (C=O) groups excluding carboxylic acids is 2. The molecule has 0 aliphatic heterocycles. The Morgan fingerprint density at radius 1 is 0.919 bits per heavy atom. The van der Waals surface area contributed by atoms with Crippen LogP contribution in [0.25, 0.3) is 0 Å². The van der Waals surface area contributed by atoms with Crippen LogP contribution in [-0.4, -0.2) is 47.1 Å². The molecule has 37 heavy (non-hydrogen) atoms. The number of aromatic nitrogens is 2. The molecule has 0 atom stereocenters. The highest BCUT2D eigenvalue weighted by Crippen LogP contribution is 2.30. The Balaban J connectivity index is 0.000000271. The maximum absolute atomic E-state index is 12.6. The molecule has 0 bridgehead atoms. The largest absolute Gasteiger partial charge is 0.416 e. The third kappa shape index (κ3) is 8.86. The topological polar surface area (TPSA) is 72.4 Å². The summed E-state index contributed by atoms with van der Waals surface area (Å²) in [5.41, 5.74) is -1.26. The standard InChI is InChI=1S/C14H11F3N2OS.C10H10F3NO2/c1-21-13-18-6-5-11(19-13)8-12(20)9-3-2-4-10(7-9)14(15,16)17;1-14(16-2)9(15)7-4-3-5-8(6-7)10(11,12)13/h2-7H,8H2,1H3;3-6H,1-2H3. The number of carbonyl (C=O) groups is 2. The van der Waals surface area contributed by atoms with E-state index in [0.29, 0.717) is 10.9 Å². The molecule has 0 fully saturated rings. The molecule has 0 N–H and O–H groups in total. The highest BCUT2D eigenvalue weighted by atomic mass is 32.2. The first-order valence-electron chi connectivity index (χ1n) is 10.3. The number of halogens is 6. The van der Waals surface area contributed by atoms with Gasteiger partial charge in [0.25, 0.3) is 5.91 Å². The number of ketones is 1. The Kier molecular flexibility index (Phi) is 10.2. The zero-order chi connectivity index (χ0) is 27.8. The lowest BCUT2D eigenvalue weighted by atomic mass is 10.0. The highest BCUT2D eigenvalue weighted by molar-refractivity contribution is 7.98. The smallest absolute Gasteiger partial charge is 0.294 e. The zero-order valence-electron chi connectivity index (χ0n) is 19.7. The molecule has 198 valence electrons. The molecule has 2 aromatic carbocycles. The first-order chi connectivity index (χ1) is 17.3. The second kappa shape index (κ2) is 12.7. The van der Waals surface area contributed by atoms with Crippen molar-refractivity contribution in [2.45, 2.75) is 23.9 Å². The summed E-state index contributed by atoms with van der Waals surface area (Å²) in [6.45, 7) is 0. The van der Waals surface area contributed by atoms with Gasteiger partial charge in [0.2, 0.25) is 0 Å². The molecule has 1 heterocycles. The number of hydrogen-bond donors (Lipinski definition) is 0. The van der Waals surface area contributed by atoms with Crippen LogP contribution in [0, 0.1) is 0 Å². The lowest BCUT2D eigenvalue weighted by Gasteiger charge is -2.14. The van der Waals surface area contributed by atoms with Gasteiger partial charge in [-0.3, -0.25) is 14.4 Å². The molecular formula is C24H21F6N3O3S. The molecule has 3 rings (SSSR count). The normalized spacial score (nSPS) is 11.4. The molecule has 1 amide bonds. The van der Waals surface area contributed by atoms with Gasteiger partial charge in [0.15, 0.2) is 10.9 Å². The van der Waals surface area contributed by atoms with E-state index in [-0.39, 0.29) is 17.5 Å². The van der Waals surface area contributed by atoms with Crippen LogP contribution in [0.5, 0.6) is 0 Å². The van der Waals surface area contributed by atoms with Gasteiger partial charge in [0.05, 0.1) is 30.4 Å². The van der Waals surface area contributed by atoms with E-state index in [1.165, 1.54) is 56.4 Å². The molecule has 0 saturated heterocycles. The van der Waals surface area contributed by atoms with Gasteiger partial charge < -0.3 is 0 Å². The lowest BCUT2D eigenvalue weighted by molar-refractivity contribution is -0.138. The SMILES string of the molecule is CON(C)C(=O)c1cccc(C(F)(F)F)c1.CSc1nccc(CC(=O)c2cccc(C(F)(F)F)c2)n1. The van der Waals surface area contributed by atoms with Crippen LogP contribution in [0.1, 0.15) is 37.5 Å². The number of hydroxylamine groups is 2. The molecule has 0 radical (unpaired) electrons.